The summed E-state index contributed by atoms with van der Waals surface area (Å²) in [7, 11) is 2.77. The van der Waals surface area contributed by atoms with Crippen molar-refractivity contribution in [3.05, 3.63) is 77.4 Å². The number of Topliss-reactive ketones (excluding diaryl/α,β-unsaturated/α-hetero) is 1. The van der Waals surface area contributed by atoms with E-state index >= 15 is 4.39 Å². The molecule has 4 aliphatic carbocycles. The Bertz CT molecular complexity index is 1850. The van der Waals surface area contributed by atoms with Gasteiger partial charge in [0, 0.05) is 28.9 Å². The lowest BCUT2D eigenvalue weighted by Crippen LogP contribution is -2.75. The van der Waals surface area contributed by atoms with Gasteiger partial charge in [0.1, 0.15) is 22.7 Å². The lowest BCUT2D eigenvalue weighted by atomic mass is 9.43. The van der Waals surface area contributed by atoms with Crippen molar-refractivity contribution in [2.24, 2.45) is 28.4 Å². The molecule has 51 heavy (non-hydrogen) atoms. The minimum Gasteiger partial charge on any atom is -0.497 e. The molecular weight excluding hydrogens is 659 g/mol. The van der Waals surface area contributed by atoms with Gasteiger partial charge in [-0.05, 0) is 69.1 Å². The Morgan fingerprint density at radius 3 is 2.57 bits per heavy atom. The number of ketones is 2. The molecule has 4 N–H and O–H groups in total. The van der Waals surface area contributed by atoms with Gasteiger partial charge >= 0.3 is 5.97 Å². The van der Waals surface area contributed by atoms with Crippen LogP contribution in [0.3, 0.4) is 0 Å². The number of anilines is 1. The number of methoxy groups -OCH3 is 2. The van der Waals surface area contributed by atoms with Crippen molar-refractivity contribution < 1.29 is 47.6 Å². The van der Waals surface area contributed by atoms with E-state index in [9.17, 15) is 24.3 Å². The molecule has 1 saturated heterocycles. The predicted octanol–water partition coefficient (Wildman–Crippen LogP) is 4.06. The molecule has 4 fully saturated rings. The molecule has 2 aromatic rings. The second-order valence-corrected chi connectivity index (χ2v) is 14.7. The lowest BCUT2D eigenvalue weighted by Gasteiger charge is -2.66. The molecule has 7 rings (SSSR count). The maximum atomic E-state index is 17.5. The van der Waals surface area contributed by atoms with Gasteiger partial charge in [0.05, 0.1) is 38.7 Å². The number of nitrogens with one attached hydrogen (secondary N) is 1. The summed E-state index contributed by atoms with van der Waals surface area (Å²) in [4.78, 5) is 53.2. The smallest absolute Gasteiger partial charge is 0.344 e. The van der Waals surface area contributed by atoms with Gasteiger partial charge in [-0.25, -0.2) is 9.18 Å². The second kappa shape index (κ2) is 12.7. The Labute approximate surface area is 295 Å². The molecule has 0 aromatic heterocycles. The fourth-order valence-electron chi connectivity index (χ4n) is 9.86. The van der Waals surface area contributed by atoms with Crippen LogP contribution in [0.4, 0.5) is 10.1 Å². The highest BCUT2D eigenvalue weighted by Crippen LogP contribution is 2.73. The molecule has 5 aliphatic rings. The van der Waals surface area contributed by atoms with E-state index in [2.05, 4.69) is 5.32 Å². The van der Waals surface area contributed by atoms with E-state index in [-0.39, 0.29) is 48.2 Å². The van der Waals surface area contributed by atoms with Gasteiger partial charge in [-0.15, -0.1) is 0 Å². The van der Waals surface area contributed by atoms with Gasteiger partial charge in [0.25, 0.3) is 0 Å². The van der Waals surface area contributed by atoms with Crippen LogP contribution in [0.2, 0.25) is 0 Å². The molecule has 1 unspecified atom stereocenters. The van der Waals surface area contributed by atoms with Crippen LogP contribution >= 0.6 is 0 Å². The summed E-state index contributed by atoms with van der Waals surface area (Å²) < 4.78 is 40.0. The number of esters is 1. The molecule has 0 radical (unpaired) electrons. The number of carbonyl (C=O) groups is 4. The highest BCUT2D eigenvalue weighted by atomic mass is 19.1. The average Bonchev–Trinajstić information content (AvgIpc) is 3.33. The second-order valence-electron chi connectivity index (χ2n) is 14.7. The quantitative estimate of drug-likeness (QED) is 0.308. The largest absolute Gasteiger partial charge is 0.497 e. The number of alkyl halides is 1. The SMILES string of the molecule is COc1cc(NC(=O)[C@@H](N)Cc2ccccc2)c(C(=O)OCC(=O)[C@@]23CCC4[C@@H]5CCC6=CC(=O)C=C[C@]6(C)[C@@]5(F)[C@@H](O)C[C@@]42CO3)c(OC)c1. The van der Waals surface area contributed by atoms with Gasteiger partial charge in [-0.3, -0.25) is 14.4 Å². The first-order valence-electron chi connectivity index (χ1n) is 17.4. The van der Waals surface area contributed by atoms with E-state index < -0.39 is 64.4 Å². The Kier molecular flexibility index (Phi) is 8.71. The van der Waals surface area contributed by atoms with E-state index in [0.29, 0.717) is 37.0 Å². The van der Waals surface area contributed by atoms with Crippen molar-refractivity contribution in [2.75, 3.05) is 32.8 Å². The number of amides is 1. The standard InChI is InChI=1S/C39H43FN2O9/c1-36-13-11-24(43)16-23(36)9-10-27-26-12-14-38(37(26,21-51-38)19-31(44)39(27,36)40)32(45)20-50-35(47)33-29(17-25(48-2)18-30(33)49-3)42-34(46)28(41)15-22-7-5-4-6-8-22/h4-8,11,13,16-18,26-28,31,44H,9-10,12,14-15,19-21,41H2,1-3H3,(H,42,46)/t26?,27-,28-,31-,36-,37+,38-,39-/m0/s1. The first kappa shape index (κ1) is 35.0. The van der Waals surface area contributed by atoms with Gasteiger partial charge in [0.15, 0.2) is 18.1 Å². The molecule has 1 spiro atoms. The Morgan fingerprint density at radius 2 is 1.88 bits per heavy atom. The van der Waals surface area contributed by atoms with Crippen LogP contribution < -0.4 is 20.5 Å². The number of carbonyl (C=O) groups excluding carboxylic acids is 4. The third-order valence-corrected chi connectivity index (χ3v) is 12.5. The highest BCUT2D eigenvalue weighted by molar-refractivity contribution is 6.06. The maximum absolute atomic E-state index is 17.5. The summed E-state index contributed by atoms with van der Waals surface area (Å²) in [5.41, 5.74) is 2.31. The molecule has 1 aliphatic heterocycles. The van der Waals surface area contributed by atoms with Crippen LogP contribution in [0.15, 0.2) is 66.3 Å². The number of halogens is 1. The van der Waals surface area contributed by atoms with E-state index in [1.807, 2.05) is 30.3 Å². The topological polar surface area (TPSA) is 163 Å². The maximum Gasteiger partial charge on any atom is 0.344 e. The average molecular weight is 703 g/mol. The Hall–Kier alpha value is -4.39. The van der Waals surface area contributed by atoms with Crippen LogP contribution in [-0.4, -0.2) is 79.4 Å². The first-order chi connectivity index (χ1) is 24.3. The van der Waals surface area contributed by atoms with Crippen molar-refractivity contribution in [1.29, 1.82) is 0 Å². The number of nitrogens with two attached hydrogens (primary N) is 1. The Morgan fingerprint density at radius 1 is 1.12 bits per heavy atom. The third kappa shape index (κ3) is 5.16. The van der Waals surface area contributed by atoms with Crippen molar-refractivity contribution >= 4 is 29.1 Å². The number of aliphatic hydroxyl groups excluding tert-OH is 1. The molecule has 2 aromatic carbocycles. The van der Waals surface area contributed by atoms with Crippen molar-refractivity contribution in [2.45, 2.75) is 68.9 Å². The van der Waals surface area contributed by atoms with Crippen molar-refractivity contribution in [3.8, 4) is 11.5 Å². The summed E-state index contributed by atoms with van der Waals surface area (Å²) in [6.45, 7) is 1.28. The van der Waals surface area contributed by atoms with Crippen LogP contribution in [0, 0.1) is 22.7 Å². The van der Waals surface area contributed by atoms with Crippen LogP contribution in [0.5, 0.6) is 11.5 Å². The summed E-state index contributed by atoms with van der Waals surface area (Å²) >= 11 is 0. The van der Waals surface area contributed by atoms with Crippen LogP contribution in [0.25, 0.3) is 0 Å². The predicted molar refractivity (Wildman–Crippen MR) is 183 cm³/mol. The first-order valence-corrected chi connectivity index (χ1v) is 17.4. The zero-order chi connectivity index (χ0) is 36.3. The van der Waals surface area contributed by atoms with E-state index in [0.717, 1.165) is 5.56 Å². The minimum absolute atomic E-state index is 0.000723. The summed E-state index contributed by atoms with van der Waals surface area (Å²) in [5, 5.41) is 14.3. The summed E-state index contributed by atoms with van der Waals surface area (Å²) in [6.07, 6.45) is 5.06. The molecule has 3 saturated carbocycles. The normalized spacial score (nSPS) is 33.6. The lowest BCUT2D eigenvalue weighted by molar-refractivity contribution is -0.303. The monoisotopic (exact) mass is 702 g/mol. The minimum atomic E-state index is -2.03. The molecule has 270 valence electrons. The van der Waals surface area contributed by atoms with E-state index in [1.54, 1.807) is 13.0 Å². The number of fused-ring (bicyclic) bond motifs is 4. The summed E-state index contributed by atoms with van der Waals surface area (Å²) in [5.74, 6) is -2.64. The van der Waals surface area contributed by atoms with Crippen molar-refractivity contribution in [3.63, 3.8) is 0 Å². The van der Waals surface area contributed by atoms with Crippen LogP contribution in [0.1, 0.15) is 54.9 Å². The van der Waals surface area contributed by atoms with Crippen LogP contribution in [-0.2, 0) is 30.3 Å². The fourth-order valence-corrected chi connectivity index (χ4v) is 9.86. The third-order valence-electron chi connectivity index (χ3n) is 12.5. The van der Waals surface area contributed by atoms with Gasteiger partial charge in [-0.1, -0.05) is 42.0 Å². The molecule has 1 heterocycles. The number of aliphatic hydroxyl groups is 1. The Balaban J connectivity index is 1.10. The number of rotatable bonds is 10. The molecule has 11 nitrogen and oxygen atoms in total. The number of benzene rings is 2. The number of hydrogen-bond acceptors (Lipinski definition) is 10. The zero-order valence-electron chi connectivity index (χ0n) is 28.9. The van der Waals surface area contributed by atoms with Crippen molar-refractivity contribution in [1.82, 2.24) is 0 Å². The number of hydrogen-bond donors (Lipinski definition) is 3. The number of ether oxygens (including phenoxy) is 4. The molecule has 12 heteroatoms. The van der Waals surface area contributed by atoms with Gasteiger partial charge in [-0.2, -0.15) is 0 Å². The van der Waals surface area contributed by atoms with Gasteiger partial charge < -0.3 is 35.1 Å². The highest BCUT2D eigenvalue weighted by Gasteiger charge is 2.79. The molecular formula is C39H43FN2O9. The molecule has 0 bridgehead atoms. The zero-order valence-corrected chi connectivity index (χ0v) is 28.9. The molecule has 8 atom stereocenters. The van der Waals surface area contributed by atoms with Gasteiger partial charge in [0.2, 0.25) is 11.7 Å². The summed E-state index contributed by atoms with van der Waals surface area (Å²) in [6, 6.07) is 11.2. The number of allylic oxidation sites excluding steroid dienone is 4. The van der Waals surface area contributed by atoms with E-state index in [1.165, 1.54) is 38.5 Å². The van der Waals surface area contributed by atoms with E-state index in [4.69, 9.17) is 24.7 Å². The molecule has 1 amide bonds. The fraction of sp³-hybridized carbons (Fsp3) is 0.487.